The van der Waals surface area contributed by atoms with Gasteiger partial charge in [-0.1, -0.05) is 11.6 Å². The van der Waals surface area contributed by atoms with Gasteiger partial charge in [0.05, 0.1) is 5.02 Å². The first-order chi connectivity index (χ1) is 6.94. The summed E-state index contributed by atoms with van der Waals surface area (Å²) in [6.07, 6.45) is 2.38. The van der Waals surface area contributed by atoms with Gasteiger partial charge < -0.3 is 5.73 Å². The molecule has 0 saturated heterocycles. The zero-order valence-electron chi connectivity index (χ0n) is 8.74. The Morgan fingerprint density at radius 1 is 1.47 bits per heavy atom. The molecular formula is C10H13ClN4. The zero-order valence-corrected chi connectivity index (χ0v) is 9.49. The van der Waals surface area contributed by atoms with Crippen LogP contribution in [0.25, 0.3) is 5.65 Å². The lowest BCUT2D eigenvalue weighted by atomic mass is 10.0. The Hall–Kier alpha value is -1.13. The minimum absolute atomic E-state index is 0.297. The third-order valence-electron chi connectivity index (χ3n) is 1.95. The molecule has 2 aromatic rings. The van der Waals surface area contributed by atoms with E-state index in [9.17, 15) is 0 Å². The van der Waals surface area contributed by atoms with Crippen molar-refractivity contribution >= 4 is 17.2 Å². The SMILES string of the molecule is CC(C)(N)Cc1nc2ccc(Cl)cn2n1. The molecule has 0 unspecified atom stereocenters. The van der Waals surface area contributed by atoms with E-state index in [2.05, 4.69) is 10.1 Å². The monoisotopic (exact) mass is 224 g/mol. The molecule has 0 bridgehead atoms. The van der Waals surface area contributed by atoms with Gasteiger partial charge in [-0.25, -0.2) is 9.50 Å². The summed E-state index contributed by atoms with van der Waals surface area (Å²) in [5, 5.41) is 4.94. The van der Waals surface area contributed by atoms with Crippen molar-refractivity contribution in [2.24, 2.45) is 5.73 Å². The van der Waals surface area contributed by atoms with Crippen molar-refractivity contribution in [2.45, 2.75) is 25.8 Å². The average molecular weight is 225 g/mol. The van der Waals surface area contributed by atoms with Gasteiger partial charge in [-0.15, -0.1) is 0 Å². The highest BCUT2D eigenvalue weighted by molar-refractivity contribution is 6.30. The minimum atomic E-state index is -0.297. The maximum Gasteiger partial charge on any atom is 0.155 e. The maximum atomic E-state index is 5.90. The van der Waals surface area contributed by atoms with Crippen molar-refractivity contribution in [3.05, 3.63) is 29.2 Å². The fraction of sp³-hybridized carbons (Fsp3) is 0.400. The van der Waals surface area contributed by atoms with E-state index in [-0.39, 0.29) is 5.54 Å². The van der Waals surface area contributed by atoms with Crippen LogP contribution in [-0.2, 0) is 6.42 Å². The molecule has 0 aliphatic heterocycles. The van der Waals surface area contributed by atoms with Crippen LogP contribution in [0.5, 0.6) is 0 Å². The number of nitrogens with two attached hydrogens (primary N) is 1. The second-order valence-corrected chi connectivity index (χ2v) is 4.78. The van der Waals surface area contributed by atoms with Gasteiger partial charge in [0.1, 0.15) is 0 Å². The molecular weight excluding hydrogens is 212 g/mol. The Morgan fingerprint density at radius 3 is 2.87 bits per heavy atom. The van der Waals surface area contributed by atoms with Gasteiger partial charge in [0.2, 0.25) is 0 Å². The van der Waals surface area contributed by atoms with Crippen molar-refractivity contribution in [3.63, 3.8) is 0 Å². The molecule has 0 aromatic carbocycles. The predicted octanol–water partition coefficient (Wildman–Crippen LogP) is 1.66. The highest BCUT2D eigenvalue weighted by Crippen LogP contribution is 2.11. The molecule has 2 N–H and O–H groups in total. The summed E-state index contributed by atoms with van der Waals surface area (Å²) in [5.74, 6) is 0.741. The molecule has 0 saturated carbocycles. The molecule has 0 aliphatic rings. The number of halogens is 1. The molecule has 80 valence electrons. The van der Waals surface area contributed by atoms with Gasteiger partial charge >= 0.3 is 0 Å². The summed E-state index contributed by atoms with van der Waals surface area (Å²) in [7, 11) is 0. The summed E-state index contributed by atoms with van der Waals surface area (Å²) in [6, 6.07) is 3.63. The fourth-order valence-electron chi connectivity index (χ4n) is 1.39. The van der Waals surface area contributed by atoms with Crippen LogP contribution in [0.4, 0.5) is 0 Å². The van der Waals surface area contributed by atoms with Crippen molar-refractivity contribution in [2.75, 3.05) is 0 Å². The molecule has 0 spiro atoms. The van der Waals surface area contributed by atoms with E-state index < -0.39 is 0 Å². The number of hydrogen-bond donors (Lipinski definition) is 1. The van der Waals surface area contributed by atoms with E-state index in [1.807, 2.05) is 19.9 Å². The van der Waals surface area contributed by atoms with E-state index in [0.29, 0.717) is 11.4 Å². The Labute approximate surface area is 93.1 Å². The normalized spacial score (nSPS) is 12.3. The highest BCUT2D eigenvalue weighted by atomic mass is 35.5. The third kappa shape index (κ3) is 2.46. The lowest BCUT2D eigenvalue weighted by Crippen LogP contribution is -2.34. The molecule has 0 radical (unpaired) electrons. The summed E-state index contributed by atoms with van der Waals surface area (Å²) < 4.78 is 1.67. The minimum Gasteiger partial charge on any atom is -0.325 e. The number of hydrogen-bond acceptors (Lipinski definition) is 3. The van der Waals surface area contributed by atoms with Crippen LogP contribution in [0.2, 0.25) is 5.02 Å². The summed E-state index contributed by atoms with van der Waals surface area (Å²) in [5.41, 5.74) is 6.40. The Bertz CT molecular complexity index is 484. The van der Waals surface area contributed by atoms with Crippen LogP contribution in [-0.4, -0.2) is 20.1 Å². The van der Waals surface area contributed by atoms with Crippen LogP contribution < -0.4 is 5.73 Å². The fourth-order valence-corrected chi connectivity index (χ4v) is 1.54. The molecule has 5 heteroatoms. The van der Waals surface area contributed by atoms with Crippen LogP contribution in [0, 0.1) is 0 Å². The lowest BCUT2D eigenvalue weighted by Gasteiger charge is -2.14. The van der Waals surface area contributed by atoms with Gasteiger partial charge in [0, 0.05) is 18.2 Å². The van der Waals surface area contributed by atoms with E-state index in [0.717, 1.165) is 11.5 Å². The van der Waals surface area contributed by atoms with Gasteiger partial charge in [0.15, 0.2) is 11.5 Å². The van der Waals surface area contributed by atoms with E-state index in [1.54, 1.807) is 16.8 Å². The van der Waals surface area contributed by atoms with Crippen molar-refractivity contribution in [1.82, 2.24) is 14.6 Å². The topological polar surface area (TPSA) is 56.2 Å². The molecule has 0 atom stereocenters. The van der Waals surface area contributed by atoms with E-state index >= 15 is 0 Å². The number of fused-ring (bicyclic) bond motifs is 1. The van der Waals surface area contributed by atoms with Crippen molar-refractivity contribution in [1.29, 1.82) is 0 Å². The Morgan fingerprint density at radius 2 is 2.20 bits per heavy atom. The molecule has 2 aromatic heterocycles. The molecule has 4 nitrogen and oxygen atoms in total. The van der Waals surface area contributed by atoms with Crippen LogP contribution in [0.3, 0.4) is 0 Å². The largest absolute Gasteiger partial charge is 0.325 e. The van der Waals surface area contributed by atoms with Gasteiger partial charge in [-0.2, -0.15) is 5.10 Å². The molecule has 15 heavy (non-hydrogen) atoms. The Kier molecular flexibility index (Phi) is 2.40. The molecule has 2 rings (SSSR count). The van der Waals surface area contributed by atoms with Crippen LogP contribution >= 0.6 is 11.6 Å². The van der Waals surface area contributed by atoms with Crippen LogP contribution in [0.1, 0.15) is 19.7 Å². The molecule has 0 aliphatic carbocycles. The van der Waals surface area contributed by atoms with Gasteiger partial charge in [-0.3, -0.25) is 0 Å². The van der Waals surface area contributed by atoms with Crippen molar-refractivity contribution in [3.8, 4) is 0 Å². The summed E-state index contributed by atoms with van der Waals surface area (Å²) in [4.78, 5) is 4.35. The van der Waals surface area contributed by atoms with Crippen molar-refractivity contribution < 1.29 is 0 Å². The van der Waals surface area contributed by atoms with E-state index in [1.165, 1.54) is 0 Å². The number of rotatable bonds is 2. The molecule has 0 amide bonds. The van der Waals surface area contributed by atoms with Gasteiger partial charge in [0.25, 0.3) is 0 Å². The predicted molar refractivity (Wildman–Crippen MR) is 60.0 cm³/mol. The smallest absolute Gasteiger partial charge is 0.155 e. The lowest BCUT2D eigenvalue weighted by molar-refractivity contribution is 0.502. The zero-order chi connectivity index (χ0) is 11.1. The first kappa shape index (κ1) is 10.4. The highest BCUT2D eigenvalue weighted by Gasteiger charge is 2.15. The first-order valence-corrected chi connectivity index (χ1v) is 5.11. The number of pyridine rings is 1. The number of aromatic nitrogens is 3. The molecule has 2 heterocycles. The summed E-state index contributed by atoms with van der Waals surface area (Å²) >= 11 is 5.85. The second kappa shape index (κ2) is 3.47. The quantitative estimate of drug-likeness (QED) is 0.844. The third-order valence-corrected chi connectivity index (χ3v) is 2.18. The maximum absolute atomic E-state index is 5.90. The second-order valence-electron chi connectivity index (χ2n) is 4.34. The Balaban J connectivity index is 2.39. The number of nitrogens with zero attached hydrogens (tertiary/aromatic N) is 3. The van der Waals surface area contributed by atoms with E-state index in [4.69, 9.17) is 17.3 Å². The summed E-state index contributed by atoms with van der Waals surface area (Å²) in [6.45, 7) is 3.90. The molecule has 0 fully saturated rings. The van der Waals surface area contributed by atoms with Gasteiger partial charge in [-0.05, 0) is 26.0 Å². The average Bonchev–Trinajstić information content (AvgIpc) is 2.42. The standard InChI is InChI=1S/C10H13ClN4/c1-10(2,12)5-8-13-9-4-3-7(11)6-15(9)14-8/h3-4,6H,5,12H2,1-2H3. The van der Waals surface area contributed by atoms with Crippen LogP contribution in [0.15, 0.2) is 18.3 Å². The first-order valence-electron chi connectivity index (χ1n) is 4.74.